The predicted octanol–water partition coefficient (Wildman–Crippen LogP) is 1.10. The predicted molar refractivity (Wildman–Crippen MR) is 67.2 cm³/mol. The smallest absolute Gasteiger partial charge is 0.254 e. The van der Waals surface area contributed by atoms with Gasteiger partial charge in [0.05, 0.1) is 0 Å². The second kappa shape index (κ2) is 6.68. The molecule has 1 fully saturated rings. The van der Waals surface area contributed by atoms with E-state index in [2.05, 4.69) is 4.98 Å². The lowest BCUT2D eigenvalue weighted by Crippen LogP contribution is -2.31. The summed E-state index contributed by atoms with van der Waals surface area (Å²) in [5.41, 5.74) is 6.42. The van der Waals surface area contributed by atoms with Crippen LogP contribution in [0.2, 0.25) is 0 Å². The van der Waals surface area contributed by atoms with Gasteiger partial charge in [0.15, 0.2) is 0 Å². The SMILES string of the molecule is Cl.Cl.N[C@@H]1CCN(C(=O)c2ccncc2)C1. The van der Waals surface area contributed by atoms with Gasteiger partial charge in [-0.3, -0.25) is 9.78 Å². The van der Waals surface area contributed by atoms with E-state index in [0.29, 0.717) is 12.1 Å². The Bertz CT molecular complexity index is 334. The van der Waals surface area contributed by atoms with Gasteiger partial charge in [-0.25, -0.2) is 0 Å². The molecule has 1 atom stereocenters. The van der Waals surface area contributed by atoms with Crippen molar-refractivity contribution in [3.8, 4) is 0 Å². The van der Waals surface area contributed by atoms with E-state index in [0.717, 1.165) is 13.0 Å². The standard InChI is InChI=1S/C10H13N3O.2ClH/c11-9-3-6-13(7-9)10(14)8-1-4-12-5-2-8;;/h1-2,4-5,9H,3,6-7,11H2;2*1H/t9-;;/m1../s1. The van der Waals surface area contributed by atoms with Crippen LogP contribution in [0.25, 0.3) is 0 Å². The van der Waals surface area contributed by atoms with Crippen LogP contribution in [0.1, 0.15) is 16.8 Å². The number of carbonyl (C=O) groups excluding carboxylic acids is 1. The Balaban J connectivity index is 0.00000112. The highest BCUT2D eigenvalue weighted by Crippen LogP contribution is 2.11. The van der Waals surface area contributed by atoms with E-state index in [1.807, 2.05) is 0 Å². The number of amides is 1. The van der Waals surface area contributed by atoms with Gasteiger partial charge in [-0.15, -0.1) is 24.8 Å². The molecule has 1 amide bonds. The molecule has 0 aromatic carbocycles. The highest BCUT2D eigenvalue weighted by Gasteiger charge is 2.24. The molecule has 1 aromatic rings. The van der Waals surface area contributed by atoms with Crippen molar-refractivity contribution >= 4 is 30.7 Å². The fourth-order valence-corrected chi connectivity index (χ4v) is 1.65. The van der Waals surface area contributed by atoms with E-state index in [1.165, 1.54) is 0 Å². The number of halogens is 2. The van der Waals surface area contributed by atoms with Gasteiger partial charge in [0.25, 0.3) is 5.91 Å². The Hall–Kier alpha value is -0.840. The van der Waals surface area contributed by atoms with Crippen LogP contribution in [0.4, 0.5) is 0 Å². The first kappa shape index (κ1) is 15.2. The summed E-state index contributed by atoms with van der Waals surface area (Å²) in [7, 11) is 0. The fraction of sp³-hybridized carbons (Fsp3) is 0.400. The monoisotopic (exact) mass is 263 g/mol. The minimum Gasteiger partial charge on any atom is -0.337 e. The fourth-order valence-electron chi connectivity index (χ4n) is 1.65. The van der Waals surface area contributed by atoms with Gasteiger partial charge in [0, 0.05) is 37.1 Å². The summed E-state index contributed by atoms with van der Waals surface area (Å²) >= 11 is 0. The molecule has 1 saturated heterocycles. The number of aromatic nitrogens is 1. The molecule has 0 unspecified atom stereocenters. The van der Waals surface area contributed by atoms with Crippen LogP contribution < -0.4 is 5.73 Å². The van der Waals surface area contributed by atoms with Crippen molar-refractivity contribution in [1.82, 2.24) is 9.88 Å². The normalized spacial score (nSPS) is 18.6. The minimum atomic E-state index is 0. The van der Waals surface area contributed by atoms with Crippen LogP contribution in [-0.2, 0) is 0 Å². The van der Waals surface area contributed by atoms with E-state index >= 15 is 0 Å². The lowest BCUT2D eigenvalue weighted by Gasteiger charge is -2.15. The largest absolute Gasteiger partial charge is 0.337 e. The van der Waals surface area contributed by atoms with Crippen LogP contribution in [0.5, 0.6) is 0 Å². The number of hydrogen-bond acceptors (Lipinski definition) is 3. The summed E-state index contributed by atoms with van der Waals surface area (Å²) in [6.45, 7) is 1.43. The van der Waals surface area contributed by atoms with Crippen LogP contribution >= 0.6 is 24.8 Å². The average Bonchev–Trinajstić information content (AvgIpc) is 2.65. The first-order chi connectivity index (χ1) is 6.77. The molecule has 1 aromatic heterocycles. The van der Waals surface area contributed by atoms with Crippen molar-refractivity contribution in [2.24, 2.45) is 5.73 Å². The van der Waals surface area contributed by atoms with Gasteiger partial charge in [0.2, 0.25) is 0 Å². The van der Waals surface area contributed by atoms with E-state index in [1.54, 1.807) is 29.4 Å². The molecule has 0 spiro atoms. The molecule has 4 nitrogen and oxygen atoms in total. The number of carbonyl (C=O) groups is 1. The number of pyridine rings is 1. The van der Waals surface area contributed by atoms with Crippen molar-refractivity contribution in [1.29, 1.82) is 0 Å². The zero-order chi connectivity index (χ0) is 9.97. The Morgan fingerprint density at radius 1 is 1.38 bits per heavy atom. The van der Waals surface area contributed by atoms with Crippen LogP contribution in [0, 0.1) is 0 Å². The lowest BCUT2D eigenvalue weighted by atomic mass is 10.2. The summed E-state index contributed by atoms with van der Waals surface area (Å²) in [6, 6.07) is 3.60. The highest BCUT2D eigenvalue weighted by atomic mass is 35.5. The third-order valence-corrected chi connectivity index (χ3v) is 2.44. The van der Waals surface area contributed by atoms with Crippen LogP contribution in [0.3, 0.4) is 0 Å². The zero-order valence-corrected chi connectivity index (χ0v) is 10.3. The quantitative estimate of drug-likeness (QED) is 0.826. The van der Waals surface area contributed by atoms with Crippen molar-refractivity contribution in [2.45, 2.75) is 12.5 Å². The molecule has 2 rings (SSSR count). The van der Waals surface area contributed by atoms with Gasteiger partial charge in [0.1, 0.15) is 0 Å². The van der Waals surface area contributed by atoms with E-state index in [4.69, 9.17) is 5.73 Å². The maximum absolute atomic E-state index is 11.8. The second-order valence-electron chi connectivity index (χ2n) is 3.54. The number of rotatable bonds is 1. The van der Waals surface area contributed by atoms with Gasteiger partial charge in [-0.1, -0.05) is 0 Å². The van der Waals surface area contributed by atoms with Crippen molar-refractivity contribution in [3.05, 3.63) is 30.1 Å². The summed E-state index contributed by atoms with van der Waals surface area (Å²) in [6.07, 6.45) is 4.16. The number of nitrogens with two attached hydrogens (primary N) is 1. The Morgan fingerprint density at radius 2 is 2.00 bits per heavy atom. The van der Waals surface area contributed by atoms with E-state index < -0.39 is 0 Å². The molecular formula is C10H15Cl2N3O. The van der Waals surface area contributed by atoms with Crippen molar-refractivity contribution in [2.75, 3.05) is 13.1 Å². The third kappa shape index (κ3) is 3.33. The summed E-state index contributed by atoms with van der Waals surface area (Å²) in [5, 5.41) is 0. The van der Waals surface area contributed by atoms with E-state index in [9.17, 15) is 4.79 Å². The first-order valence-electron chi connectivity index (χ1n) is 4.72. The molecule has 90 valence electrons. The molecule has 0 bridgehead atoms. The summed E-state index contributed by atoms with van der Waals surface area (Å²) < 4.78 is 0. The topological polar surface area (TPSA) is 59.2 Å². The molecule has 0 radical (unpaired) electrons. The number of likely N-dealkylation sites (tertiary alicyclic amines) is 1. The maximum atomic E-state index is 11.8. The Morgan fingerprint density at radius 3 is 2.50 bits per heavy atom. The number of nitrogens with zero attached hydrogens (tertiary/aromatic N) is 2. The molecular weight excluding hydrogens is 249 g/mol. The molecule has 6 heteroatoms. The molecule has 2 N–H and O–H groups in total. The molecule has 2 heterocycles. The number of hydrogen-bond donors (Lipinski definition) is 1. The van der Waals surface area contributed by atoms with Crippen molar-refractivity contribution < 1.29 is 4.79 Å². The van der Waals surface area contributed by atoms with Crippen molar-refractivity contribution in [3.63, 3.8) is 0 Å². The zero-order valence-electron chi connectivity index (χ0n) is 8.70. The molecule has 0 aliphatic carbocycles. The maximum Gasteiger partial charge on any atom is 0.254 e. The summed E-state index contributed by atoms with van der Waals surface area (Å²) in [4.78, 5) is 17.5. The molecule has 1 aliphatic rings. The summed E-state index contributed by atoms with van der Waals surface area (Å²) in [5.74, 6) is 0.0559. The average molecular weight is 264 g/mol. The van der Waals surface area contributed by atoms with E-state index in [-0.39, 0.29) is 36.8 Å². The minimum absolute atomic E-state index is 0. The van der Waals surface area contributed by atoms with Gasteiger partial charge < -0.3 is 10.6 Å². The third-order valence-electron chi connectivity index (χ3n) is 2.44. The Kier molecular flexibility index (Phi) is 6.33. The van der Waals surface area contributed by atoms with Crippen LogP contribution in [0.15, 0.2) is 24.5 Å². The highest BCUT2D eigenvalue weighted by molar-refractivity contribution is 5.94. The molecule has 16 heavy (non-hydrogen) atoms. The van der Waals surface area contributed by atoms with Gasteiger partial charge >= 0.3 is 0 Å². The van der Waals surface area contributed by atoms with Crippen LogP contribution in [-0.4, -0.2) is 34.9 Å². The Labute approximate surface area is 107 Å². The second-order valence-corrected chi connectivity index (χ2v) is 3.54. The molecule has 0 saturated carbocycles. The van der Waals surface area contributed by atoms with Gasteiger partial charge in [-0.2, -0.15) is 0 Å². The first-order valence-corrected chi connectivity index (χ1v) is 4.72. The lowest BCUT2D eigenvalue weighted by molar-refractivity contribution is 0.0791. The molecule has 1 aliphatic heterocycles. The van der Waals surface area contributed by atoms with Gasteiger partial charge in [-0.05, 0) is 18.6 Å².